The summed E-state index contributed by atoms with van der Waals surface area (Å²) in [6.07, 6.45) is 0. The van der Waals surface area contributed by atoms with E-state index in [1.807, 2.05) is 12.1 Å². The Bertz CT molecular complexity index is 1860. The number of aromatic hydroxyl groups is 1. The monoisotopic (exact) mass is 624 g/mol. The molecular weight excluding hydrogens is 596 g/mol. The molecule has 0 radical (unpaired) electrons. The Labute approximate surface area is 262 Å². The number of non-ortho nitro benzene ring substituents is 1. The number of hydrogen-bond acceptors (Lipinski definition) is 11. The van der Waals surface area contributed by atoms with Gasteiger partial charge in [-0.1, -0.05) is 12.1 Å². The number of nitrogens with one attached hydrogen (secondary N) is 1. The maximum Gasteiger partial charge on any atom is 0.310 e. The van der Waals surface area contributed by atoms with Crippen LogP contribution in [0.25, 0.3) is 0 Å². The molecule has 2 heterocycles. The van der Waals surface area contributed by atoms with Crippen LogP contribution in [0.1, 0.15) is 44.6 Å². The van der Waals surface area contributed by atoms with E-state index in [0.717, 1.165) is 11.1 Å². The second-order valence-electron chi connectivity index (χ2n) is 11.2. The van der Waals surface area contributed by atoms with Crippen LogP contribution in [-0.4, -0.2) is 49.4 Å². The van der Waals surface area contributed by atoms with Gasteiger partial charge in [0, 0.05) is 40.8 Å². The SMILES string of the molecule is COc1cc([C@@H]2c3cc4c(cc3[C@@H](Nc3ccccc3C(=O)c3ccc([N+](=O)[O-])cc3)[C@H]3COC(=O)[C@H]23)OCO4)cc(OC)c1O. The Morgan fingerprint density at radius 3 is 2.24 bits per heavy atom. The number of methoxy groups -OCH3 is 2. The molecule has 12 nitrogen and oxygen atoms in total. The number of rotatable bonds is 8. The minimum absolute atomic E-state index is 0.0450. The molecule has 2 aliphatic heterocycles. The molecule has 1 aliphatic carbocycles. The zero-order valence-electron chi connectivity index (χ0n) is 24.7. The van der Waals surface area contributed by atoms with Crippen molar-refractivity contribution >= 4 is 23.1 Å². The lowest BCUT2D eigenvalue weighted by Gasteiger charge is -2.40. The molecule has 1 fully saturated rings. The highest BCUT2D eigenvalue weighted by Gasteiger charge is 2.53. The van der Waals surface area contributed by atoms with Gasteiger partial charge in [-0.05, 0) is 65.2 Å². The van der Waals surface area contributed by atoms with E-state index < -0.39 is 22.8 Å². The van der Waals surface area contributed by atoms with E-state index in [4.69, 9.17) is 23.7 Å². The van der Waals surface area contributed by atoms with Crippen molar-refractivity contribution in [1.82, 2.24) is 0 Å². The van der Waals surface area contributed by atoms with Gasteiger partial charge in [-0.15, -0.1) is 0 Å². The summed E-state index contributed by atoms with van der Waals surface area (Å²) in [7, 11) is 2.88. The van der Waals surface area contributed by atoms with Crippen molar-refractivity contribution in [3.63, 3.8) is 0 Å². The highest BCUT2D eigenvalue weighted by atomic mass is 16.7. The fourth-order valence-electron chi connectivity index (χ4n) is 6.71. The molecule has 1 saturated heterocycles. The number of carbonyl (C=O) groups excluding carboxylic acids is 2. The normalized spacial score (nSPS) is 20.7. The van der Waals surface area contributed by atoms with E-state index in [1.165, 1.54) is 38.5 Å². The molecule has 0 aromatic heterocycles. The molecule has 0 unspecified atom stereocenters. The van der Waals surface area contributed by atoms with Gasteiger partial charge in [0.15, 0.2) is 28.8 Å². The molecule has 234 valence electrons. The molecular formula is C34H28N2O10. The number of phenols is 1. The van der Waals surface area contributed by atoms with Crippen LogP contribution in [0.5, 0.6) is 28.7 Å². The molecule has 4 aromatic rings. The van der Waals surface area contributed by atoms with E-state index in [2.05, 4.69) is 5.32 Å². The fourth-order valence-corrected chi connectivity index (χ4v) is 6.71. The van der Waals surface area contributed by atoms with Gasteiger partial charge in [0.2, 0.25) is 12.5 Å². The number of carbonyl (C=O) groups is 2. The van der Waals surface area contributed by atoms with E-state index in [-0.39, 0.29) is 54.0 Å². The summed E-state index contributed by atoms with van der Waals surface area (Å²) in [5, 5.41) is 25.3. The molecule has 46 heavy (non-hydrogen) atoms. The highest BCUT2D eigenvalue weighted by Crippen LogP contribution is 2.56. The number of fused-ring (bicyclic) bond motifs is 3. The molecule has 4 atom stereocenters. The predicted molar refractivity (Wildman–Crippen MR) is 163 cm³/mol. The van der Waals surface area contributed by atoms with Gasteiger partial charge < -0.3 is 34.1 Å². The summed E-state index contributed by atoms with van der Waals surface area (Å²) in [6.45, 7) is 0.166. The van der Waals surface area contributed by atoms with Crippen LogP contribution in [0, 0.1) is 22.0 Å². The number of ether oxygens (including phenoxy) is 5. The zero-order chi connectivity index (χ0) is 32.1. The number of esters is 1. The number of benzene rings is 4. The number of nitro benzene ring substituents is 1. The number of cyclic esters (lactones) is 1. The molecule has 0 bridgehead atoms. The van der Waals surface area contributed by atoms with Gasteiger partial charge in [0.05, 0.1) is 37.7 Å². The number of para-hydroxylation sites is 1. The lowest BCUT2D eigenvalue weighted by atomic mass is 9.65. The quantitative estimate of drug-likeness (QED) is 0.113. The average molecular weight is 625 g/mol. The summed E-state index contributed by atoms with van der Waals surface area (Å²) in [5.41, 5.74) is 3.32. The minimum atomic E-state index is -0.651. The van der Waals surface area contributed by atoms with Crippen molar-refractivity contribution in [2.75, 3.05) is 32.9 Å². The summed E-state index contributed by atoms with van der Waals surface area (Å²) in [4.78, 5) is 37.8. The largest absolute Gasteiger partial charge is 0.502 e. The molecule has 12 heteroatoms. The highest BCUT2D eigenvalue weighted by molar-refractivity contribution is 6.12. The van der Waals surface area contributed by atoms with Crippen molar-refractivity contribution in [3.8, 4) is 28.7 Å². The van der Waals surface area contributed by atoms with Crippen LogP contribution in [0.15, 0.2) is 72.8 Å². The van der Waals surface area contributed by atoms with Gasteiger partial charge in [0.25, 0.3) is 5.69 Å². The topological polar surface area (TPSA) is 156 Å². The first-order valence-electron chi connectivity index (χ1n) is 14.5. The lowest BCUT2D eigenvalue weighted by molar-refractivity contribution is -0.384. The van der Waals surface area contributed by atoms with E-state index >= 15 is 0 Å². The summed E-state index contributed by atoms with van der Waals surface area (Å²) >= 11 is 0. The van der Waals surface area contributed by atoms with Gasteiger partial charge in [-0.2, -0.15) is 0 Å². The van der Waals surface area contributed by atoms with Crippen molar-refractivity contribution in [2.24, 2.45) is 11.8 Å². The Morgan fingerprint density at radius 2 is 1.59 bits per heavy atom. The smallest absolute Gasteiger partial charge is 0.310 e. The van der Waals surface area contributed by atoms with Crippen molar-refractivity contribution < 1.29 is 43.3 Å². The molecule has 0 saturated carbocycles. The minimum Gasteiger partial charge on any atom is -0.502 e. The molecule has 4 aromatic carbocycles. The first-order valence-corrected chi connectivity index (χ1v) is 14.5. The molecule has 7 rings (SSSR count). The van der Waals surface area contributed by atoms with Crippen LogP contribution in [-0.2, 0) is 9.53 Å². The first-order chi connectivity index (χ1) is 22.3. The predicted octanol–water partition coefficient (Wildman–Crippen LogP) is 5.37. The van der Waals surface area contributed by atoms with Gasteiger partial charge in [0.1, 0.15) is 0 Å². The maximum absolute atomic E-state index is 13.7. The number of phenolic OH excluding ortho intramolecular Hbond substituents is 1. The third-order valence-electron chi connectivity index (χ3n) is 8.87. The first kappa shape index (κ1) is 29.0. The van der Waals surface area contributed by atoms with E-state index in [1.54, 1.807) is 36.4 Å². The Morgan fingerprint density at radius 1 is 0.935 bits per heavy atom. The van der Waals surface area contributed by atoms with Crippen LogP contribution in [0.3, 0.4) is 0 Å². The van der Waals surface area contributed by atoms with Crippen molar-refractivity contribution in [1.29, 1.82) is 0 Å². The second kappa shape index (κ2) is 11.3. The van der Waals surface area contributed by atoms with Crippen LogP contribution < -0.4 is 24.3 Å². The van der Waals surface area contributed by atoms with Crippen LogP contribution >= 0.6 is 0 Å². The fraction of sp³-hybridized carbons (Fsp3) is 0.235. The standard InChI is InChI=1S/C34H28N2O10/c1-42-27-11-18(12-28(43-2)33(27)38)29-21-13-25-26(46-16-45-25)14-22(21)31(23-15-44-34(39)30(23)29)35-24-6-4-3-5-20(24)32(37)17-7-9-19(10-8-17)36(40)41/h3-14,23,29-31,35,38H,15-16H2,1-2H3/t23-,29+,30-,31+/m0/s1. The van der Waals surface area contributed by atoms with Crippen LogP contribution in [0.4, 0.5) is 11.4 Å². The Kier molecular flexibility index (Phi) is 7.11. The summed E-state index contributed by atoms with van der Waals surface area (Å²) < 4.78 is 28.1. The number of anilines is 1. The molecule has 0 spiro atoms. The zero-order valence-corrected chi connectivity index (χ0v) is 24.7. The lowest BCUT2D eigenvalue weighted by Crippen LogP contribution is -2.38. The molecule has 0 amide bonds. The number of hydrogen-bond donors (Lipinski definition) is 2. The number of ketones is 1. The van der Waals surface area contributed by atoms with Crippen LogP contribution in [0.2, 0.25) is 0 Å². The maximum atomic E-state index is 13.7. The Hall–Kier alpha value is -5.78. The molecule has 2 N–H and O–H groups in total. The van der Waals surface area contributed by atoms with Crippen molar-refractivity contribution in [3.05, 3.63) is 111 Å². The van der Waals surface area contributed by atoms with Gasteiger partial charge in [-0.25, -0.2) is 0 Å². The third kappa shape index (κ3) is 4.69. The van der Waals surface area contributed by atoms with Gasteiger partial charge in [-0.3, -0.25) is 19.7 Å². The number of nitro groups is 1. The third-order valence-corrected chi connectivity index (χ3v) is 8.87. The molecule has 3 aliphatic rings. The van der Waals surface area contributed by atoms with E-state index in [0.29, 0.717) is 33.9 Å². The second-order valence-corrected chi connectivity index (χ2v) is 11.2. The summed E-state index contributed by atoms with van der Waals surface area (Å²) in [5.74, 6) is -0.958. The summed E-state index contributed by atoms with van der Waals surface area (Å²) in [6, 6.07) is 19.1. The average Bonchev–Trinajstić information content (AvgIpc) is 3.70. The number of nitrogens with zero attached hydrogens (tertiary/aromatic N) is 1. The van der Waals surface area contributed by atoms with Gasteiger partial charge >= 0.3 is 5.97 Å². The van der Waals surface area contributed by atoms with E-state index in [9.17, 15) is 24.8 Å². The van der Waals surface area contributed by atoms with Crippen molar-refractivity contribution in [2.45, 2.75) is 12.0 Å². The Balaban J connectivity index is 1.35.